The van der Waals surface area contributed by atoms with Crippen molar-refractivity contribution >= 4 is 11.7 Å². The number of benzene rings is 1. The molecule has 7 nitrogen and oxygen atoms in total. The number of ether oxygens (including phenoxy) is 1. The van der Waals surface area contributed by atoms with Crippen molar-refractivity contribution in [1.29, 1.82) is 5.26 Å². The number of hydrazine groups is 1. The maximum atomic E-state index is 11.5. The number of aromatic nitrogens is 2. The van der Waals surface area contributed by atoms with Crippen LogP contribution in [0.2, 0.25) is 0 Å². The van der Waals surface area contributed by atoms with Crippen LogP contribution >= 0.6 is 0 Å². The predicted octanol–water partition coefficient (Wildman–Crippen LogP) is 1.52. The normalized spacial score (nSPS) is 11.3. The molecule has 0 amide bonds. The van der Waals surface area contributed by atoms with E-state index in [1.54, 1.807) is 37.5 Å². The maximum absolute atomic E-state index is 11.5. The molecule has 1 unspecified atom stereocenters. The van der Waals surface area contributed by atoms with E-state index in [-0.39, 0.29) is 6.61 Å². The molecule has 7 heteroatoms. The lowest BCUT2D eigenvalue weighted by molar-refractivity contribution is -0.143. The number of carbonyl (C=O) groups excluding carboxylic acids is 1. The third-order valence-electron chi connectivity index (χ3n) is 2.72. The van der Waals surface area contributed by atoms with Crippen LogP contribution < -0.4 is 10.9 Å². The average molecular weight is 297 g/mol. The minimum absolute atomic E-state index is 0.227. The van der Waals surface area contributed by atoms with Crippen LogP contribution in [0, 0.1) is 11.3 Å². The fourth-order valence-electron chi connectivity index (χ4n) is 1.68. The Kier molecular flexibility index (Phi) is 5.40. The van der Waals surface area contributed by atoms with Gasteiger partial charge in [-0.2, -0.15) is 5.26 Å². The number of nitrogens with zero attached hydrogens (tertiary/aromatic N) is 3. The predicted molar refractivity (Wildman–Crippen MR) is 80.3 cm³/mol. The number of hydrogen-bond donors (Lipinski definition) is 2. The molecule has 1 aromatic heterocycles. The first-order valence-electron chi connectivity index (χ1n) is 6.70. The van der Waals surface area contributed by atoms with Crippen molar-refractivity contribution in [2.75, 3.05) is 12.0 Å². The summed E-state index contributed by atoms with van der Waals surface area (Å²) in [6, 6.07) is 9.76. The summed E-state index contributed by atoms with van der Waals surface area (Å²) < 4.78 is 4.78. The van der Waals surface area contributed by atoms with Gasteiger partial charge < -0.3 is 10.2 Å². The Morgan fingerprint density at radius 2 is 2.00 bits per heavy atom. The van der Waals surface area contributed by atoms with Crippen molar-refractivity contribution in [3.8, 4) is 17.5 Å². The summed E-state index contributed by atoms with van der Waals surface area (Å²) in [4.78, 5) is 19.8. The minimum atomic E-state index is -1.07. The molecular weight excluding hydrogens is 282 g/mol. The lowest BCUT2D eigenvalue weighted by atomic mass is 10.2. The van der Waals surface area contributed by atoms with Crippen LogP contribution in [0.4, 0.5) is 5.69 Å². The zero-order valence-corrected chi connectivity index (χ0v) is 12.0. The molecule has 0 aliphatic rings. The van der Waals surface area contributed by atoms with Crippen molar-refractivity contribution in [3.63, 3.8) is 0 Å². The van der Waals surface area contributed by atoms with E-state index in [0.717, 1.165) is 5.56 Å². The van der Waals surface area contributed by atoms with Crippen LogP contribution in [0.15, 0.2) is 42.7 Å². The first kappa shape index (κ1) is 15.4. The van der Waals surface area contributed by atoms with E-state index in [4.69, 9.17) is 10.00 Å². The Hall–Kier alpha value is -2.98. The number of esters is 1. The molecule has 2 N–H and O–H groups in total. The van der Waals surface area contributed by atoms with E-state index < -0.39 is 12.0 Å². The van der Waals surface area contributed by atoms with Gasteiger partial charge in [-0.05, 0) is 37.3 Å². The van der Waals surface area contributed by atoms with E-state index in [1.165, 1.54) is 0 Å². The quantitative estimate of drug-likeness (QED) is 0.615. The largest absolute Gasteiger partial charge is 0.464 e. The molecule has 0 saturated carbocycles. The Morgan fingerprint density at radius 1 is 1.32 bits per heavy atom. The van der Waals surface area contributed by atoms with Crippen LogP contribution in [0.3, 0.4) is 0 Å². The van der Waals surface area contributed by atoms with Gasteiger partial charge in [0.15, 0.2) is 5.82 Å². The van der Waals surface area contributed by atoms with Gasteiger partial charge in [0.05, 0.1) is 12.7 Å². The summed E-state index contributed by atoms with van der Waals surface area (Å²) in [6.45, 7) is 1.91. The molecule has 2 aromatic rings. The van der Waals surface area contributed by atoms with E-state index in [2.05, 4.69) is 20.8 Å². The summed E-state index contributed by atoms with van der Waals surface area (Å²) >= 11 is 0. The SMILES string of the molecule is CCOC(=O)C(C#N)NNc1ccc(-c2ncccn2)cc1. The summed E-state index contributed by atoms with van der Waals surface area (Å²) in [5, 5.41) is 8.92. The molecule has 1 heterocycles. The number of anilines is 1. The number of carbonyl (C=O) groups is 1. The summed E-state index contributed by atoms with van der Waals surface area (Å²) in [7, 11) is 0. The lowest BCUT2D eigenvalue weighted by Crippen LogP contribution is -2.40. The third-order valence-corrected chi connectivity index (χ3v) is 2.72. The fourth-order valence-corrected chi connectivity index (χ4v) is 1.68. The lowest BCUT2D eigenvalue weighted by Gasteiger charge is -2.12. The minimum Gasteiger partial charge on any atom is -0.464 e. The molecule has 1 atom stereocenters. The van der Waals surface area contributed by atoms with Crippen molar-refractivity contribution < 1.29 is 9.53 Å². The molecule has 22 heavy (non-hydrogen) atoms. The van der Waals surface area contributed by atoms with Crippen molar-refractivity contribution in [1.82, 2.24) is 15.4 Å². The maximum Gasteiger partial charge on any atom is 0.339 e. The highest BCUT2D eigenvalue weighted by atomic mass is 16.5. The van der Waals surface area contributed by atoms with Crippen LogP contribution in [0.5, 0.6) is 0 Å². The van der Waals surface area contributed by atoms with Crippen LogP contribution in [0.1, 0.15) is 6.92 Å². The highest BCUT2D eigenvalue weighted by Crippen LogP contribution is 2.16. The highest BCUT2D eigenvalue weighted by Gasteiger charge is 2.18. The second kappa shape index (κ2) is 7.71. The number of nitrogens with one attached hydrogen (secondary N) is 2. The van der Waals surface area contributed by atoms with E-state index >= 15 is 0 Å². The van der Waals surface area contributed by atoms with Gasteiger partial charge in [0, 0.05) is 23.6 Å². The molecule has 2 rings (SSSR count). The molecular formula is C15H15N5O2. The second-order valence-corrected chi connectivity index (χ2v) is 4.23. The Balaban J connectivity index is 1.97. The van der Waals surface area contributed by atoms with Crippen molar-refractivity contribution in [2.24, 2.45) is 0 Å². The summed E-state index contributed by atoms with van der Waals surface area (Å²) in [5.41, 5.74) is 6.98. The van der Waals surface area contributed by atoms with Crippen LogP contribution in [-0.4, -0.2) is 28.6 Å². The molecule has 1 aromatic carbocycles. The molecule has 0 spiro atoms. The van der Waals surface area contributed by atoms with E-state index in [1.807, 2.05) is 18.2 Å². The first-order chi connectivity index (χ1) is 10.7. The molecule has 0 radical (unpaired) electrons. The van der Waals surface area contributed by atoms with Gasteiger partial charge in [-0.25, -0.2) is 20.2 Å². The van der Waals surface area contributed by atoms with Crippen molar-refractivity contribution in [3.05, 3.63) is 42.7 Å². The number of nitriles is 1. The third kappa shape index (κ3) is 4.01. The molecule has 112 valence electrons. The number of rotatable bonds is 6. The summed E-state index contributed by atoms with van der Waals surface area (Å²) in [5.74, 6) is 0.00948. The van der Waals surface area contributed by atoms with Gasteiger partial charge >= 0.3 is 5.97 Å². The van der Waals surface area contributed by atoms with Gasteiger partial charge in [-0.15, -0.1) is 0 Å². The highest BCUT2D eigenvalue weighted by molar-refractivity contribution is 5.79. The van der Waals surface area contributed by atoms with Gasteiger partial charge in [0.25, 0.3) is 0 Å². The summed E-state index contributed by atoms with van der Waals surface area (Å²) in [6.07, 6.45) is 3.35. The van der Waals surface area contributed by atoms with Crippen LogP contribution in [0.25, 0.3) is 11.4 Å². The van der Waals surface area contributed by atoms with Crippen LogP contribution in [-0.2, 0) is 9.53 Å². The fraction of sp³-hybridized carbons (Fsp3) is 0.200. The van der Waals surface area contributed by atoms with E-state index in [9.17, 15) is 4.79 Å². The topological polar surface area (TPSA) is 99.9 Å². The number of hydrogen-bond acceptors (Lipinski definition) is 7. The Bertz CT molecular complexity index is 652. The van der Waals surface area contributed by atoms with Gasteiger partial charge in [-0.3, -0.25) is 0 Å². The zero-order chi connectivity index (χ0) is 15.8. The second-order valence-electron chi connectivity index (χ2n) is 4.23. The van der Waals surface area contributed by atoms with Crippen molar-refractivity contribution in [2.45, 2.75) is 13.0 Å². The van der Waals surface area contributed by atoms with E-state index in [0.29, 0.717) is 11.5 Å². The molecule has 0 fully saturated rings. The molecule has 0 saturated heterocycles. The standard InChI is InChI=1S/C15H15N5O2/c1-2-22-15(21)13(10-16)20-19-12-6-4-11(5-7-12)14-17-8-3-9-18-14/h3-9,13,19-20H,2H2,1H3. The monoisotopic (exact) mass is 297 g/mol. The van der Waals surface area contributed by atoms with Gasteiger partial charge in [0.2, 0.25) is 6.04 Å². The molecule has 0 aliphatic heterocycles. The zero-order valence-electron chi connectivity index (χ0n) is 12.0. The Morgan fingerprint density at radius 3 is 2.59 bits per heavy atom. The molecule has 0 aliphatic carbocycles. The van der Waals surface area contributed by atoms with Gasteiger partial charge in [-0.1, -0.05) is 0 Å². The smallest absolute Gasteiger partial charge is 0.339 e. The van der Waals surface area contributed by atoms with Gasteiger partial charge in [0.1, 0.15) is 0 Å². The average Bonchev–Trinajstić information content (AvgIpc) is 2.57. The first-order valence-corrected chi connectivity index (χ1v) is 6.70. The Labute approximate surface area is 127 Å². The molecule has 0 bridgehead atoms.